The number of nitrogens with zero attached hydrogens (tertiary/aromatic N) is 2. The molecule has 4 rings (SSSR count). The summed E-state index contributed by atoms with van der Waals surface area (Å²) in [6, 6.07) is 17.0. The van der Waals surface area contributed by atoms with Crippen molar-refractivity contribution in [1.29, 1.82) is 0 Å². The molecule has 0 bridgehead atoms. The highest BCUT2D eigenvalue weighted by atomic mass is 35.7. The van der Waals surface area contributed by atoms with E-state index in [1.807, 2.05) is 30.3 Å². The lowest BCUT2D eigenvalue weighted by Gasteiger charge is -2.41. The molecule has 3 unspecified atom stereocenters. The molecule has 1 amide bonds. The highest BCUT2D eigenvalue weighted by Crippen LogP contribution is 2.56. The average molecular weight is 624 g/mol. The summed E-state index contributed by atoms with van der Waals surface area (Å²) >= 11 is 24.5. The number of hydrogen-bond donors (Lipinski definition) is 0. The van der Waals surface area contributed by atoms with Crippen LogP contribution in [0.1, 0.15) is 12.5 Å². The summed E-state index contributed by atoms with van der Waals surface area (Å²) in [5.74, 6) is -1.60. The van der Waals surface area contributed by atoms with Gasteiger partial charge in [0.2, 0.25) is 3.79 Å². The van der Waals surface area contributed by atoms with Crippen LogP contribution in [0.25, 0.3) is 0 Å². The van der Waals surface area contributed by atoms with Crippen LogP contribution in [0.5, 0.6) is 5.75 Å². The molecule has 2 aromatic rings. The van der Waals surface area contributed by atoms with Gasteiger partial charge in [-0.25, -0.2) is 9.36 Å². The third-order valence-electron chi connectivity index (χ3n) is 5.09. The van der Waals surface area contributed by atoms with E-state index >= 15 is 0 Å². The number of carbonyl (C=O) groups excluding carboxylic acids is 2. The van der Waals surface area contributed by atoms with Gasteiger partial charge in [0.25, 0.3) is 5.91 Å². The van der Waals surface area contributed by atoms with E-state index in [0.29, 0.717) is 6.42 Å². The molecule has 1 fully saturated rings. The van der Waals surface area contributed by atoms with Crippen LogP contribution in [-0.4, -0.2) is 43.6 Å². The monoisotopic (exact) mass is 622 g/mol. The van der Waals surface area contributed by atoms with E-state index < -0.39 is 40.6 Å². The molecule has 2 heterocycles. The second-order valence-electron chi connectivity index (χ2n) is 7.87. The summed E-state index contributed by atoms with van der Waals surface area (Å²) in [4.78, 5) is 31.8. The van der Waals surface area contributed by atoms with Crippen molar-refractivity contribution in [2.24, 2.45) is 4.99 Å². The van der Waals surface area contributed by atoms with Gasteiger partial charge in [-0.1, -0.05) is 95.1 Å². The molecule has 0 N–H and O–H groups in total. The maximum atomic E-state index is 13.1. The average Bonchev–Trinajstić information content (AvgIpc) is 3.19. The zero-order chi connectivity index (χ0) is 26.8. The Morgan fingerprint density at radius 1 is 1.11 bits per heavy atom. The molecule has 8 nitrogen and oxygen atoms in total. The Balaban J connectivity index is 1.57. The number of alkyl halides is 3. The number of likely N-dealkylation sites (tertiary alicyclic amines) is 1. The molecule has 2 aliphatic rings. The van der Waals surface area contributed by atoms with Gasteiger partial charge in [0, 0.05) is 17.7 Å². The number of fused-ring (bicyclic) bond motifs is 1. The highest BCUT2D eigenvalue weighted by molar-refractivity contribution is 8.14. The summed E-state index contributed by atoms with van der Waals surface area (Å²) in [6.07, 6.45) is 0.521. The van der Waals surface area contributed by atoms with E-state index in [-0.39, 0.29) is 17.2 Å². The lowest BCUT2D eigenvalue weighted by Crippen LogP contribution is -2.61. The number of halogens is 4. The molecule has 0 aromatic heterocycles. The number of ether oxygens (including phenoxy) is 1. The van der Waals surface area contributed by atoms with Crippen molar-refractivity contribution in [3.8, 4) is 5.75 Å². The number of benzene rings is 2. The van der Waals surface area contributed by atoms with Crippen molar-refractivity contribution in [3.05, 3.63) is 77.7 Å². The van der Waals surface area contributed by atoms with Gasteiger partial charge >= 0.3 is 12.9 Å². The molecule has 14 heteroatoms. The molecule has 0 spiro atoms. The number of thioether (sulfide) groups is 1. The molecule has 0 saturated carbocycles. The lowest BCUT2D eigenvalue weighted by molar-refractivity contribution is -0.150. The normalized spacial score (nSPS) is 21.2. The van der Waals surface area contributed by atoms with Crippen LogP contribution in [0, 0.1) is 0 Å². The third-order valence-corrected chi connectivity index (χ3v) is 7.99. The van der Waals surface area contributed by atoms with Gasteiger partial charge in [0.05, 0.1) is 5.04 Å². The van der Waals surface area contributed by atoms with E-state index in [2.05, 4.69) is 4.99 Å². The van der Waals surface area contributed by atoms with Crippen LogP contribution < -0.4 is 4.52 Å². The fourth-order valence-electron chi connectivity index (χ4n) is 3.57. The van der Waals surface area contributed by atoms with Crippen LogP contribution >= 0.6 is 64.8 Å². The quantitative estimate of drug-likeness (QED) is 0.0786. The Hall–Kier alpha value is -1.87. The van der Waals surface area contributed by atoms with Crippen LogP contribution in [0.15, 0.2) is 77.1 Å². The van der Waals surface area contributed by atoms with E-state index in [4.69, 9.17) is 59.8 Å². The van der Waals surface area contributed by atoms with Crippen molar-refractivity contribution in [2.45, 2.75) is 28.6 Å². The number of amides is 1. The predicted molar refractivity (Wildman–Crippen MR) is 145 cm³/mol. The van der Waals surface area contributed by atoms with E-state index in [9.17, 15) is 14.2 Å². The van der Waals surface area contributed by atoms with Gasteiger partial charge < -0.3 is 13.8 Å². The first-order valence-electron chi connectivity index (χ1n) is 10.7. The maximum Gasteiger partial charge on any atom is 0.530 e. The molecule has 0 aliphatic carbocycles. The van der Waals surface area contributed by atoms with E-state index in [1.165, 1.54) is 30.8 Å². The van der Waals surface area contributed by atoms with Crippen LogP contribution in [0.2, 0.25) is 0 Å². The van der Waals surface area contributed by atoms with Crippen LogP contribution in [0.4, 0.5) is 0 Å². The highest BCUT2D eigenvalue weighted by Gasteiger charge is 2.56. The fraction of sp³-hybridized carbons (Fsp3) is 0.261. The van der Waals surface area contributed by atoms with Gasteiger partial charge in [0.1, 0.15) is 23.5 Å². The van der Waals surface area contributed by atoms with Crippen molar-refractivity contribution >= 4 is 81.7 Å². The summed E-state index contributed by atoms with van der Waals surface area (Å²) in [5, 5.41) is 0.171. The molecule has 2 aliphatic heterocycles. The molecular weight excluding hydrogens is 605 g/mol. The molecule has 37 heavy (non-hydrogen) atoms. The van der Waals surface area contributed by atoms with Gasteiger partial charge in [-0.05, 0) is 24.6 Å². The summed E-state index contributed by atoms with van der Waals surface area (Å²) in [7, 11) is 0. The predicted octanol–water partition coefficient (Wildman–Crippen LogP) is 6.50. The number of carbonyl (C=O) groups is 2. The van der Waals surface area contributed by atoms with Gasteiger partial charge in [-0.3, -0.25) is 14.7 Å². The van der Waals surface area contributed by atoms with Crippen LogP contribution in [-0.2, 0) is 29.8 Å². The van der Waals surface area contributed by atoms with Gasteiger partial charge in [-0.15, -0.1) is 0 Å². The minimum absolute atomic E-state index is 0.180. The van der Waals surface area contributed by atoms with Crippen molar-refractivity contribution in [3.63, 3.8) is 0 Å². The standard InChI is InChI=1S/C23H19Cl4N2O6PS/c1-14(34-36(27,32)35-16-10-6-3-7-11-16)19(22(31)33-13-23(24,25)26)29-20(30)18-21(29)37-17(28-18)12-15-8-4-2-5-9-15/h2-11,18,21H,12-13H2,1H3. The number of β-lactam (4-membered cyclic amide) rings is 1. The molecule has 0 radical (unpaired) electrons. The Bertz CT molecular complexity index is 1290. The Morgan fingerprint density at radius 2 is 1.73 bits per heavy atom. The maximum absolute atomic E-state index is 13.1. The van der Waals surface area contributed by atoms with Crippen molar-refractivity contribution in [2.75, 3.05) is 6.61 Å². The van der Waals surface area contributed by atoms with Crippen molar-refractivity contribution < 1.29 is 27.9 Å². The van der Waals surface area contributed by atoms with Gasteiger partial charge in [0.15, 0.2) is 11.7 Å². The largest absolute Gasteiger partial charge is 0.530 e. The minimum atomic E-state index is -4.29. The second-order valence-corrected chi connectivity index (χ2v) is 14.0. The van der Waals surface area contributed by atoms with Gasteiger partial charge in [-0.2, -0.15) is 0 Å². The molecule has 196 valence electrons. The molecular formula is C23H19Cl4N2O6PS. The molecule has 1 saturated heterocycles. The summed E-state index contributed by atoms with van der Waals surface area (Å²) in [5.41, 5.74) is 0.675. The fourth-order valence-corrected chi connectivity index (χ4v) is 6.43. The SMILES string of the molecule is CC(OP(=O)(Cl)Oc1ccccc1)=C(C(=O)OCC(Cl)(Cl)Cl)N1C(=O)C2N=C(Cc3ccccc3)SC21. The third kappa shape index (κ3) is 7.16. The van der Waals surface area contributed by atoms with Crippen molar-refractivity contribution in [1.82, 2.24) is 4.90 Å². The lowest BCUT2D eigenvalue weighted by atomic mass is 10.1. The number of para-hydroxylation sites is 1. The van der Waals surface area contributed by atoms with Crippen LogP contribution in [0.3, 0.4) is 0 Å². The zero-order valence-corrected chi connectivity index (χ0v) is 23.8. The number of allylic oxidation sites excluding steroid dienone is 1. The Kier molecular flexibility index (Phi) is 8.73. The Labute approximate surface area is 237 Å². The topological polar surface area (TPSA) is 94.5 Å². The minimum Gasteiger partial charge on any atom is -0.456 e. The smallest absolute Gasteiger partial charge is 0.456 e. The number of rotatable bonds is 9. The second kappa shape index (κ2) is 11.5. The first kappa shape index (κ1) is 28.1. The van der Waals surface area contributed by atoms with E-state index in [0.717, 1.165) is 15.5 Å². The first-order chi connectivity index (χ1) is 17.4. The molecule has 3 atom stereocenters. The summed E-state index contributed by atoms with van der Waals surface area (Å²) in [6.45, 7) is -3.59. The first-order valence-corrected chi connectivity index (χ1v) is 15.2. The zero-order valence-electron chi connectivity index (χ0n) is 19.1. The molecule has 2 aromatic carbocycles. The summed E-state index contributed by atoms with van der Waals surface area (Å²) < 4.78 is 26.7. The number of esters is 1. The Morgan fingerprint density at radius 3 is 2.35 bits per heavy atom. The number of hydrogen-bond acceptors (Lipinski definition) is 8. The van der Waals surface area contributed by atoms with E-state index in [1.54, 1.807) is 18.2 Å². The number of aliphatic imine (C=N–C) groups is 1.